The summed E-state index contributed by atoms with van der Waals surface area (Å²) in [6, 6.07) is 4.03. The molecule has 2 rings (SSSR count). The largest absolute Gasteiger partial charge is 0.314 e. The molecule has 3 heteroatoms. The van der Waals surface area contributed by atoms with Gasteiger partial charge in [0.25, 0.3) is 0 Å². The normalized spacial score (nSPS) is 24.0. The summed E-state index contributed by atoms with van der Waals surface area (Å²) in [6.07, 6.45) is 6.80. The van der Waals surface area contributed by atoms with Gasteiger partial charge in [0.15, 0.2) is 0 Å². The van der Waals surface area contributed by atoms with Gasteiger partial charge in [-0.1, -0.05) is 33.1 Å². The zero-order chi connectivity index (χ0) is 15.2. The molecular weight excluding hydrogens is 268 g/mol. The monoisotopic (exact) mass is 295 g/mol. The van der Waals surface area contributed by atoms with E-state index in [0.717, 1.165) is 12.5 Å². The molecule has 1 aromatic carbocycles. The molecule has 0 saturated heterocycles. The lowest BCUT2D eigenvalue weighted by atomic mass is 9.75. The third-order valence-corrected chi connectivity index (χ3v) is 4.88. The molecule has 1 fully saturated rings. The minimum absolute atomic E-state index is 0.251. The first-order chi connectivity index (χ1) is 10.1. The Bertz CT molecular complexity index is 447. The average molecular weight is 295 g/mol. The maximum absolute atomic E-state index is 13.9. The summed E-state index contributed by atoms with van der Waals surface area (Å²) >= 11 is 0. The molecule has 1 aromatic rings. The van der Waals surface area contributed by atoms with E-state index in [1.54, 1.807) is 0 Å². The molecule has 0 spiro atoms. The number of likely N-dealkylation sites (N-methyl/N-ethyl adjacent to an activating group) is 1. The van der Waals surface area contributed by atoms with E-state index in [1.165, 1.54) is 50.3 Å². The maximum Gasteiger partial charge on any atom is 0.126 e. The Morgan fingerprint density at radius 3 is 2.76 bits per heavy atom. The van der Waals surface area contributed by atoms with Crippen LogP contribution in [0.3, 0.4) is 0 Å². The molecule has 118 valence electrons. The van der Waals surface area contributed by atoms with Gasteiger partial charge in [0, 0.05) is 6.04 Å². The summed E-state index contributed by atoms with van der Waals surface area (Å²) in [5, 5.41) is 3.50. The van der Waals surface area contributed by atoms with Gasteiger partial charge in [-0.05, 0) is 61.4 Å². The number of hydrogen-bond acceptors (Lipinski definition) is 1. The van der Waals surface area contributed by atoms with Crippen LogP contribution < -0.4 is 5.32 Å². The quantitative estimate of drug-likeness (QED) is 0.802. The minimum atomic E-state index is -0.350. The van der Waals surface area contributed by atoms with Crippen LogP contribution in [-0.2, 0) is 6.42 Å². The van der Waals surface area contributed by atoms with E-state index >= 15 is 0 Å². The van der Waals surface area contributed by atoms with E-state index in [-0.39, 0.29) is 17.7 Å². The second kappa shape index (κ2) is 7.88. The number of benzene rings is 1. The molecule has 0 aromatic heterocycles. The molecule has 3 atom stereocenters. The van der Waals surface area contributed by atoms with Crippen LogP contribution >= 0.6 is 0 Å². The van der Waals surface area contributed by atoms with Crippen molar-refractivity contribution < 1.29 is 8.78 Å². The molecule has 0 radical (unpaired) electrons. The fourth-order valence-electron chi connectivity index (χ4n) is 3.67. The lowest BCUT2D eigenvalue weighted by Gasteiger charge is -2.35. The van der Waals surface area contributed by atoms with Crippen molar-refractivity contribution in [2.24, 2.45) is 11.8 Å². The Balaban J connectivity index is 2.09. The molecule has 21 heavy (non-hydrogen) atoms. The van der Waals surface area contributed by atoms with Gasteiger partial charge >= 0.3 is 0 Å². The topological polar surface area (TPSA) is 12.0 Å². The van der Waals surface area contributed by atoms with Crippen molar-refractivity contribution >= 4 is 0 Å². The summed E-state index contributed by atoms with van der Waals surface area (Å²) in [6.45, 7) is 5.20. The van der Waals surface area contributed by atoms with Crippen molar-refractivity contribution in [1.82, 2.24) is 5.32 Å². The van der Waals surface area contributed by atoms with Crippen LogP contribution in [-0.4, -0.2) is 12.6 Å². The van der Waals surface area contributed by atoms with Crippen molar-refractivity contribution in [3.05, 3.63) is 35.4 Å². The first kappa shape index (κ1) is 16.4. The van der Waals surface area contributed by atoms with Crippen LogP contribution in [0.15, 0.2) is 18.2 Å². The molecule has 0 amide bonds. The Kier molecular flexibility index (Phi) is 6.16. The molecule has 3 unspecified atom stereocenters. The summed E-state index contributed by atoms with van der Waals surface area (Å²) < 4.78 is 27.2. The summed E-state index contributed by atoms with van der Waals surface area (Å²) in [5.41, 5.74) is 0.500. The van der Waals surface area contributed by atoms with Gasteiger partial charge in [-0.15, -0.1) is 0 Å². The number of hydrogen-bond donors (Lipinski definition) is 1. The highest BCUT2D eigenvalue weighted by atomic mass is 19.1. The first-order valence-electron chi connectivity index (χ1n) is 8.31. The van der Waals surface area contributed by atoms with Crippen molar-refractivity contribution in [3.63, 3.8) is 0 Å². The van der Waals surface area contributed by atoms with Crippen LogP contribution in [0.4, 0.5) is 8.78 Å². The van der Waals surface area contributed by atoms with E-state index in [2.05, 4.69) is 19.2 Å². The Morgan fingerprint density at radius 1 is 1.24 bits per heavy atom. The Morgan fingerprint density at radius 2 is 2.05 bits per heavy atom. The van der Waals surface area contributed by atoms with E-state index < -0.39 is 0 Å². The van der Waals surface area contributed by atoms with E-state index in [4.69, 9.17) is 0 Å². The highest BCUT2D eigenvalue weighted by molar-refractivity contribution is 5.20. The third-order valence-electron chi connectivity index (χ3n) is 4.88. The Labute approximate surface area is 127 Å². The fraction of sp³-hybridized carbons (Fsp3) is 0.667. The lowest BCUT2D eigenvalue weighted by molar-refractivity contribution is 0.208. The SMILES string of the molecule is CCNC(Cc1cc(F)ccc1F)C1CCCC(CC)C1. The summed E-state index contributed by atoms with van der Waals surface area (Å²) in [7, 11) is 0. The zero-order valence-corrected chi connectivity index (χ0v) is 13.2. The molecule has 1 saturated carbocycles. The minimum Gasteiger partial charge on any atom is -0.314 e. The Hall–Kier alpha value is -0.960. The standard InChI is InChI=1S/C18H27F2N/c1-3-13-6-5-7-14(10-13)18(21-4-2)12-15-11-16(19)8-9-17(15)20/h8-9,11,13-14,18,21H,3-7,10,12H2,1-2H3. The molecule has 0 aliphatic heterocycles. The smallest absolute Gasteiger partial charge is 0.126 e. The second-order valence-electron chi connectivity index (χ2n) is 6.30. The van der Waals surface area contributed by atoms with Gasteiger partial charge in [0.05, 0.1) is 0 Å². The van der Waals surface area contributed by atoms with Crippen LogP contribution in [0.1, 0.15) is 51.5 Å². The number of halogens is 2. The molecule has 1 N–H and O–H groups in total. The fourth-order valence-corrected chi connectivity index (χ4v) is 3.67. The van der Waals surface area contributed by atoms with Crippen LogP contribution in [0.2, 0.25) is 0 Å². The molecule has 0 bridgehead atoms. The molecule has 1 nitrogen and oxygen atoms in total. The van der Waals surface area contributed by atoms with Gasteiger partial charge in [-0.2, -0.15) is 0 Å². The van der Waals surface area contributed by atoms with Crippen LogP contribution in [0.25, 0.3) is 0 Å². The van der Waals surface area contributed by atoms with Crippen molar-refractivity contribution in [2.75, 3.05) is 6.54 Å². The summed E-state index contributed by atoms with van der Waals surface area (Å²) in [4.78, 5) is 0. The van der Waals surface area contributed by atoms with Crippen molar-refractivity contribution in [3.8, 4) is 0 Å². The number of nitrogens with one attached hydrogen (secondary N) is 1. The predicted octanol–water partition coefficient (Wildman–Crippen LogP) is 4.70. The molecule has 1 aliphatic rings. The maximum atomic E-state index is 13.9. The van der Waals surface area contributed by atoms with E-state index in [1.807, 2.05) is 0 Å². The molecular formula is C18H27F2N. The lowest BCUT2D eigenvalue weighted by Crippen LogP contribution is -2.40. The second-order valence-corrected chi connectivity index (χ2v) is 6.30. The van der Waals surface area contributed by atoms with Gasteiger partial charge in [-0.25, -0.2) is 8.78 Å². The molecule has 0 heterocycles. The van der Waals surface area contributed by atoms with E-state index in [9.17, 15) is 8.78 Å². The van der Waals surface area contributed by atoms with Crippen molar-refractivity contribution in [1.29, 1.82) is 0 Å². The first-order valence-corrected chi connectivity index (χ1v) is 8.31. The van der Waals surface area contributed by atoms with E-state index in [0.29, 0.717) is 17.9 Å². The molecule has 1 aliphatic carbocycles. The number of rotatable bonds is 6. The van der Waals surface area contributed by atoms with Crippen molar-refractivity contribution in [2.45, 2.75) is 58.4 Å². The highest BCUT2D eigenvalue weighted by Crippen LogP contribution is 2.34. The van der Waals surface area contributed by atoms with Crippen LogP contribution in [0, 0.1) is 23.5 Å². The third kappa shape index (κ3) is 4.50. The summed E-state index contributed by atoms with van der Waals surface area (Å²) in [5.74, 6) is 0.729. The highest BCUT2D eigenvalue weighted by Gasteiger charge is 2.28. The predicted molar refractivity (Wildman–Crippen MR) is 83.3 cm³/mol. The van der Waals surface area contributed by atoms with Gasteiger partial charge < -0.3 is 5.32 Å². The average Bonchev–Trinajstić information content (AvgIpc) is 2.50. The van der Waals surface area contributed by atoms with Gasteiger partial charge in [0.2, 0.25) is 0 Å². The van der Waals surface area contributed by atoms with Gasteiger partial charge in [-0.3, -0.25) is 0 Å². The van der Waals surface area contributed by atoms with Gasteiger partial charge in [0.1, 0.15) is 11.6 Å². The zero-order valence-electron chi connectivity index (χ0n) is 13.2. The van der Waals surface area contributed by atoms with Crippen LogP contribution in [0.5, 0.6) is 0 Å².